The molecule has 1 nitrogen and oxygen atoms in total. The Labute approximate surface area is 102 Å². The van der Waals surface area contributed by atoms with Crippen LogP contribution in [-0.2, 0) is 0 Å². The van der Waals surface area contributed by atoms with Gasteiger partial charge in [0.2, 0.25) is 0 Å². The van der Waals surface area contributed by atoms with Crippen LogP contribution in [-0.4, -0.2) is 4.98 Å². The van der Waals surface area contributed by atoms with Crippen LogP contribution in [0.1, 0.15) is 0 Å². The second kappa shape index (κ2) is 3.76. The van der Waals surface area contributed by atoms with Gasteiger partial charge >= 0.3 is 0 Å². The van der Waals surface area contributed by atoms with E-state index in [0.29, 0.717) is 15.5 Å². The first-order chi connectivity index (χ1) is 6.59. The van der Waals surface area contributed by atoms with Gasteiger partial charge in [0.1, 0.15) is 10.4 Å². The summed E-state index contributed by atoms with van der Waals surface area (Å²) in [4.78, 5) is 4.17. The third-order valence-corrected chi connectivity index (χ3v) is 3.19. The average molecular weight is 339 g/mol. The van der Waals surface area contributed by atoms with Crippen molar-refractivity contribution in [1.82, 2.24) is 4.98 Å². The van der Waals surface area contributed by atoms with Gasteiger partial charge < -0.3 is 0 Å². The zero-order chi connectivity index (χ0) is 10.3. The molecule has 1 aromatic heterocycles. The molecule has 14 heavy (non-hydrogen) atoms. The van der Waals surface area contributed by atoms with Gasteiger partial charge in [-0.2, -0.15) is 0 Å². The zero-order valence-corrected chi connectivity index (χ0v) is 10.6. The monoisotopic (exact) mass is 337 g/mol. The summed E-state index contributed by atoms with van der Waals surface area (Å²) in [6, 6.07) is 4.62. The molecule has 0 saturated carbocycles. The fraction of sp³-hybridized carbons (Fsp3) is 0. The molecular formula is C9H3Br2ClFN. The third-order valence-electron chi connectivity index (χ3n) is 1.78. The van der Waals surface area contributed by atoms with E-state index in [2.05, 4.69) is 36.8 Å². The minimum absolute atomic E-state index is 0.0920. The lowest BCUT2D eigenvalue weighted by atomic mass is 10.2. The Morgan fingerprint density at radius 1 is 1.29 bits per heavy atom. The Morgan fingerprint density at radius 3 is 2.71 bits per heavy atom. The standard InChI is InChI=1S/C9H3Br2ClFN/c10-4-3-7(11)14-6-2-1-5(13)9(12)8(4)6/h1-3H. The number of nitrogens with zero attached hydrogens (tertiary/aromatic N) is 1. The summed E-state index contributed by atoms with van der Waals surface area (Å²) in [6.45, 7) is 0. The normalized spacial score (nSPS) is 10.9. The summed E-state index contributed by atoms with van der Waals surface area (Å²) in [5, 5.41) is 0.684. The maximum absolute atomic E-state index is 13.1. The third kappa shape index (κ3) is 1.66. The lowest BCUT2D eigenvalue weighted by Crippen LogP contribution is -1.86. The van der Waals surface area contributed by atoms with Crippen LogP contribution in [0.25, 0.3) is 10.9 Å². The van der Waals surface area contributed by atoms with Gasteiger partial charge in [0.25, 0.3) is 0 Å². The van der Waals surface area contributed by atoms with E-state index in [-0.39, 0.29) is 5.02 Å². The summed E-state index contributed by atoms with van der Waals surface area (Å²) < 4.78 is 14.5. The molecule has 0 bridgehead atoms. The summed E-state index contributed by atoms with van der Waals surface area (Å²) in [6.07, 6.45) is 0. The van der Waals surface area contributed by atoms with Crippen molar-refractivity contribution >= 4 is 54.4 Å². The summed E-state index contributed by atoms with van der Waals surface area (Å²) in [5.74, 6) is -0.441. The highest BCUT2D eigenvalue weighted by Gasteiger charge is 2.10. The number of halogens is 4. The van der Waals surface area contributed by atoms with Crippen LogP contribution in [0.3, 0.4) is 0 Å². The highest BCUT2D eigenvalue weighted by atomic mass is 79.9. The summed E-state index contributed by atoms with van der Waals surface area (Å²) in [5.41, 5.74) is 0.651. The molecule has 0 aliphatic heterocycles. The Balaban J connectivity index is 2.95. The minimum atomic E-state index is -0.441. The first kappa shape index (κ1) is 10.3. The molecule has 0 aliphatic rings. The van der Waals surface area contributed by atoms with Crippen molar-refractivity contribution in [2.75, 3.05) is 0 Å². The largest absolute Gasteiger partial charge is 0.241 e. The number of fused-ring (bicyclic) bond motifs is 1. The maximum atomic E-state index is 13.1. The van der Waals surface area contributed by atoms with E-state index in [0.717, 1.165) is 4.47 Å². The molecule has 5 heteroatoms. The smallest absolute Gasteiger partial charge is 0.142 e. The number of aromatic nitrogens is 1. The molecule has 72 valence electrons. The number of hydrogen-bond acceptors (Lipinski definition) is 1. The van der Waals surface area contributed by atoms with Gasteiger partial charge in [-0.3, -0.25) is 0 Å². The molecule has 0 N–H and O–H groups in total. The van der Waals surface area contributed by atoms with Gasteiger partial charge in [-0.05, 0) is 50.1 Å². The van der Waals surface area contributed by atoms with Crippen LogP contribution >= 0.6 is 43.5 Å². The molecule has 0 amide bonds. The molecule has 1 aromatic carbocycles. The molecule has 1 heterocycles. The van der Waals surface area contributed by atoms with Gasteiger partial charge in [-0.25, -0.2) is 9.37 Å². The first-order valence-corrected chi connectivity index (χ1v) is 5.66. The van der Waals surface area contributed by atoms with Gasteiger partial charge in [-0.1, -0.05) is 11.6 Å². The van der Waals surface area contributed by atoms with Crippen LogP contribution in [0.5, 0.6) is 0 Å². The van der Waals surface area contributed by atoms with E-state index < -0.39 is 5.82 Å². The molecule has 0 atom stereocenters. The Hall–Kier alpha value is -0.190. The predicted molar refractivity (Wildman–Crippen MR) is 62.1 cm³/mol. The Kier molecular flexibility index (Phi) is 2.77. The van der Waals surface area contributed by atoms with E-state index >= 15 is 0 Å². The van der Waals surface area contributed by atoms with Crippen molar-refractivity contribution in [3.8, 4) is 0 Å². The van der Waals surface area contributed by atoms with Gasteiger partial charge in [0.05, 0.1) is 10.5 Å². The topological polar surface area (TPSA) is 12.9 Å². The second-order valence-electron chi connectivity index (χ2n) is 2.68. The van der Waals surface area contributed by atoms with E-state index in [1.165, 1.54) is 6.07 Å². The molecule has 0 fully saturated rings. The van der Waals surface area contributed by atoms with Crippen LogP contribution in [0.4, 0.5) is 4.39 Å². The summed E-state index contributed by atoms with van der Waals surface area (Å²) >= 11 is 12.4. The highest BCUT2D eigenvalue weighted by molar-refractivity contribution is 9.11. The number of rotatable bonds is 0. The number of benzene rings is 1. The second-order valence-corrected chi connectivity index (χ2v) is 4.73. The highest BCUT2D eigenvalue weighted by Crippen LogP contribution is 2.33. The fourth-order valence-corrected chi connectivity index (χ4v) is 2.91. The number of pyridine rings is 1. The van der Waals surface area contributed by atoms with Crippen LogP contribution < -0.4 is 0 Å². The van der Waals surface area contributed by atoms with Crippen LogP contribution in [0, 0.1) is 5.82 Å². The van der Waals surface area contributed by atoms with Crippen molar-refractivity contribution < 1.29 is 4.39 Å². The molecule has 2 aromatic rings. The van der Waals surface area contributed by atoms with Crippen LogP contribution in [0.15, 0.2) is 27.3 Å². The van der Waals surface area contributed by atoms with Crippen molar-refractivity contribution in [2.24, 2.45) is 0 Å². The van der Waals surface area contributed by atoms with E-state index in [4.69, 9.17) is 11.6 Å². The average Bonchev–Trinajstić information content (AvgIpc) is 2.10. The number of hydrogen-bond donors (Lipinski definition) is 0. The minimum Gasteiger partial charge on any atom is -0.241 e. The first-order valence-electron chi connectivity index (χ1n) is 3.69. The predicted octanol–water partition coefficient (Wildman–Crippen LogP) is 4.55. The zero-order valence-electron chi connectivity index (χ0n) is 6.69. The van der Waals surface area contributed by atoms with Gasteiger partial charge in [-0.15, -0.1) is 0 Å². The van der Waals surface area contributed by atoms with Crippen molar-refractivity contribution in [3.05, 3.63) is 38.1 Å². The van der Waals surface area contributed by atoms with Crippen molar-refractivity contribution in [3.63, 3.8) is 0 Å². The molecule has 0 radical (unpaired) electrons. The summed E-state index contributed by atoms with van der Waals surface area (Å²) in [7, 11) is 0. The molecule has 0 aliphatic carbocycles. The molecule has 0 unspecified atom stereocenters. The lowest BCUT2D eigenvalue weighted by molar-refractivity contribution is 0.630. The van der Waals surface area contributed by atoms with Crippen LogP contribution in [0.2, 0.25) is 5.02 Å². The van der Waals surface area contributed by atoms with Crippen molar-refractivity contribution in [2.45, 2.75) is 0 Å². The Morgan fingerprint density at radius 2 is 2.00 bits per heavy atom. The molecule has 0 spiro atoms. The molecular weight excluding hydrogens is 336 g/mol. The molecule has 2 rings (SSSR count). The van der Waals surface area contributed by atoms with E-state index in [9.17, 15) is 4.39 Å². The Bertz CT molecular complexity index is 516. The maximum Gasteiger partial charge on any atom is 0.142 e. The quantitative estimate of drug-likeness (QED) is 0.642. The fourth-order valence-electron chi connectivity index (χ4n) is 1.18. The van der Waals surface area contributed by atoms with E-state index in [1.807, 2.05) is 0 Å². The van der Waals surface area contributed by atoms with Gasteiger partial charge in [0.15, 0.2) is 0 Å². The molecule has 0 saturated heterocycles. The van der Waals surface area contributed by atoms with Gasteiger partial charge in [0, 0.05) is 9.86 Å². The van der Waals surface area contributed by atoms with Crippen molar-refractivity contribution in [1.29, 1.82) is 0 Å². The lowest BCUT2D eigenvalue weighted by Gasteiger charge is -2.04. The van der Waals surface area contributed by atoms with E-state index in [1.54, 1.807) is 12.1 Å². The SMILES string of the molecule is Fc1ccc2nc(Br)cc(Br)c2c1Cl.